The van der Waals surface area contributed by atoms with Crippen LogP contribution in [0.1, 0.15) is 50.2 Å². The highest BCUT2D eigenvalue weighted by molar-refractivity contribution is 5.40. The van der Waals surface area contributed by atoms with E-state index in [1.165, 1.54) is 11.1 Å². The summed E-state index contributed by atoms with van der Waals surface area (Å²) in [5.74, 6) is 0.545. The molecular weight excluding hydrogens is 234 g/mol. The summed E-state index contributed by atoms with van der Waals surface area (Å²) < 4.78 is 0. The molecule has 1 aromatic carbocycles. The standard InChI is InChI=1S/C17H27NO/c1-5-17(6-2,18(3)4)16(19)12-14-11-13-9-7-8-10-15(13)14/h7-10,14,16,19H,5-6,11-12H2,1-4H3. The highest BCUT2D eigenvalue weighted by Crippen LogP contribution is 2.41. The van der Waals surface area contributed by atoms with Crippen molar-refractivity contribution in [2.24, 2.45) is 0 Å². The van der Waals surface area contributed by atoms with Gasteiger partial charge in [0.1, 0.15) is 0 Å². The molecule has 19 heavy (non-hydrogen) atoms. The van der Waals surface area contributed by atoms with E-state index in [4.69, 9.17) is 0 Å². The SMILES string of the molecule is CCC(CC)(C(O)CC1Cc2ccccc21)N(C)C. The van der Waals surface area contributed by atoms with Crippen LogP contribution in [-0.4, -0.2) is 35.7 Å². The maximum Gasteiger partial charge on any atom is 0.0729 e. The van der Waals surface area contributed by atoms with Gasteiger partial charge in [0, 0.05) is 5.54 Å². The Morgan fingerprint density at radius 3 is 2.42 bits per heavy atom. The summed E-state index contributed by atoms with van der Waals surface area (Å²) in [4.78, 5) is 2.21. The third-order valence-electron chi connectivity index (χ3n) is 5.20. The van der Waals surface area contributed by atoms with E-state index in [9.17, 15) is 5.11 Å². The minimum atomic E-state index is -0.254. The molecule has 0 bridgehead atoms. The van der Waals surface area contributed by atoms with E-state index in [1.54, 1.807) is 0 Å². The molecule has 2 nitrogen and oxygen atoms in total. The third-order valence-corrected chi connectivity index (χ3v) is 5.20. The zero-order chi connectivity index (χ0) is 14.0. The molecule has 2 unspecified atom stereocenters. The molecular formula is C17H27NO. The number of nitrogens with zero attached hydrogens (tertiary/aromatic N) is 1. The van der Waals surface area contributed by atoms with Crippen LogP contribution >= 0.6 is 0 Å². The second kappa shape index (κ2) is 5.64. The number of aliphatic hydroxyl groups is 1. The molecule has 0 radical (unpaired) electrons. The van der Waals surface area contributed by atoms with Gasteiger partial charge < -0.3 is 10.0 Å². The zero-order valence-electron chi connectivity index (χ0n) is 12.7. The minimum absolute atomic E-state index is 0.0788. The lowest BCUT2D eigenvalue weighted by Gasteiger charge is -2.45. The first-order valence-electron chi connectivity index (χ1n) is 7.48. The molecule has 2 rings (SSSR count). The van der Waals surface area contributed by atoms with Crippen molar-refractivity contribution in [1.82, 2.24) is 4.90 Å². The van der Waals surface area contributed by atoms with Gasteiger partial charge >= 0.3 is 0 Å². The average molecular weight is 261 g/mol. The van der Waals surface area contributed by atoms with Gasteiger partial charge in [-0.25, -0.2) is 0 Å². The molecule has 1 aliphatic carbocycles. The lowest BCUT2D eigenvalue weighted by atomic mass is 9.71. The summed E-state index contributed by atoms with van der Waals surface area (Å²) >= 11 is 0. The molecule has 106 valence electrons. The molecule has 1 aliphatic rings. The van der Waals surface area contributed by atoms with Crippen LogP contribution < -0.4 is 0 Å². The molecule has 0 heterocycles. The van der Waals surface area contributed by atoms with Crippen LogP contribution in [0.3, 0.4) is 0 Å². The van der Waals surface area contributed by atoms with Gasteiger partial charge in [0.15, 0.2) is 0 Å². The number of rotatable bonds is 6. The molecule has 0 aromatic heterocycles. The maximum absolute atomic E-state index is 10.7. The van der Waals surface area contributed by atoms with Gasteiger partial charge in [0.25, 0.3) is 0 Å². The summed E-state index contributed by atoms with van der Waals surface area (Å²) in [5.41, 5.74) is 2.83. The number of benzene rings is 1. The molecule has 1 aromatic rings. The fraction of sp³-hybridized carbons (Fsp3) is 0.647. The summed E-state index contributed by atoms with van der Waals surface area (Å²) in [6.07, 6.45) is 3.75. The van der Waals surface area contributed by atoms with Crippen LogP contribution in [0.15, 0.2) is 24.3 Å². The highest BCUT2D eigenvalue weighted by Gasteiger charge is 2.39. The van der Waals surface area contributed by atoms with E-state index in [0.29, 0.717) is 5.92 Å². The number of hydrogen-bond acceptors (Lipinski definition) is 2. The first-order chi connectivity index (χ1) is 9.05. The summed E-state index contributed by atoms with van der Waals surface area (Å²) in [6.45, 7) is 4.36. The Balaban J connectivity index is 2.08. The number of likely N-dealkylation sites (N-methyl/N-ethyl adjacent to an activating group) is 1. The smallest absolute Gasteiger partial charge is 0.0729 e. The molecule has 1 N–H and O–H groups in total. The number of fused-ring (bicyclic) bond motifs is 1. The second-order valence-electron chi connectivity index (χ2n) is 6.06. The lowest BCUT2D eigenvalue weighted by Crippen LogP contribution is -2.53. The Labute approximate surface area is 117 Å². The molecule has 0 aliphatic heterocycles. The van der Waals surface area contributed by atoms with Crippen LogP contribution in [0.25, 0.3) is 0 Å². The average Bonchev–Trinajstić information content (AvgIpc) is 2.37. The Bertz CT molecular complexity index is 423. The van der Waals surface area contributed by atoms with E-state index in [1.807, 2.05) is 0 Å². The molecule has 0 saturated heterocycles. The summed E-state index contributed by atoms with van der Waals surface area (Å²) in [5, 5.41) is 10.7. The molecule has 0 fully saturated rings. The second-order valence-corrected chi connectivity index (χ2v) is 6.06. The number of aliphatic hydroxyl groups excluding tert-OH is 1. The van der Waals surface area contributed by atoms with Gasteiger partial charge in [-0.15, -0.1) is 0 Å². The Morgan fingerprint density at radius 1 is 1.26 bits per heavy atom. The van der Waals surface area contributed by atoms with E-state index >= 15 is 0 Å². The normalized spacial score (nSPS) is 20.0. The number of hydrogen-bond donors (Lipinski definition) is 1. The Morgan fingerprint density at radius 2 is 1.89 bits per heavy atom. The van der Waals surface area contributed by atoms with Crippen molar-refractivity contribution in [3.8, 4) is 0 Å². The van der Waals surface area contributed by atoms with Gasteiger partial charge in [-0.05, 0) is 56.8 Å². The highest BCUT2D eigenvalue weighted by atomic mass is 16.3. The first kappa shape index (κ1) is 14.5. The van der Waals surface area contributed by atoms with Crippen molar-refractivity contribution in [1.29, 1.82) is 0 Å². The predicted molar refractivity (Wildman–Crippen MR) is 80.5 cm³/mol. The largest absolute Gasteiger partial charge is 0.391 e. The fourth-order valence-electron chi connectivity index (χ4n) is 3.71. The van der Waals surface area contributed by atoms with Gasteiger partial charge in [-0.2, -0.15) is 0 Å². The Hall–Kier alpha value is -0.860. The Kier molecular flexibility index (Phi) is 4.32. The van der Waals surface area contributed by atoms with E-state index in [0.717, 1.165) is 25.7 Å². The van der Waals surface area contributed by atoms with Crippen molar-refractivity contribution in [3.05, 3.63) is 35.4 Å². The van der Waals surface area contributed by atoms with Crippen LogP contribution in [0.5, 0.6) is 0 Å². The van der Waals surface area contributed by atoms with Crippen LogP contribution in [-0.2, 0) is 6.42 Å². The fourth-order valence-corrected chi connectivity index (χ4v) is 3.71. The minimum Gasteiger partial charge on any atom is -0.391 e. The molecule has 0 saturated carbocycles. The molecule has 2 atom stereocenters. The van der Waals surface area contributed by atoms with Crippen LogP contribution in [0.2, 0.25) is 0 Å². The van der Waals surface area contributed by atoms with E-state index in [2.05, 4.69) is 57.1 Å². The molecule has 0 amide bonds. The topological polar surface area (TPSA) is 23.5 Å². The molecule has 0 spiro atoms. The van der Waals surface area contributed by atoms with Crippen molar-refractivity contribution in [3.63, 3.8) is 0 Å². The monoisotopic (exact) mass is 261 g/mol. The van der Waals surface area contributed by atoms with Crippen molar-refractivity contribution in [2.45, 2.75) is 57.1 Å². The summed E-state index contributed by atoms with van der Waals surface area (Å²) in [7, 11) is 4.18. The molecule has 2 heteroatoms. The third kappa shape index (κ3) is 2.44. The maximum atomic E-state index is 10.7. The first-order valence-corrected chi connectivity index (χ1v) is 7.48. The van der Waals surface area contributed by atoms with Crippen LogP contribution in [0, 0.1) is 0 Å². The summed E-state index contributed by atoms with van der Waals surface area (Å²) in [6, 6.07) is 8.63. The van der Waals surface area contributed by atoms with E-state index < -0.39 is 0 Å². The van der Waals surface area contributed by atoms with Gasteiger partial charge in [-0.3, -0.25) is 0 Å². The predicted octanol–water partition coefficient (Wildman–Crippen LogP) is 3.20. The van der Waals surface area contributed by atoms with Crippen molar-refractivity contribution < 1.29 is 5.11 Å². The lowest BCUT2D eigenvalue weighted by molar-refractivity contribution is -0.0224. The van der Waals surface area contributed by atoms with E-state index in [-0.39, 0.29) is 11.6 Å². The van der Waals surface area contributed by atoms with Gasteiger partial charge in [0.2, 0.25) is 0 Å². The van der Waals surface area contributed by atoms with Crippen molar-refractivity contribution in [2.75, 3.05) is 14.1 Å². The van der Waals surface area contributed by atoms with Crippen molar-refractivity contribution >= 4 is 0 Å². The quantitative estimate of drug-likeness (QED) is 0.850. The van der Waals surface area contributed by atoms with Gasteiger partial charge in [0.05, 0.1) is 6.10 Å². The van der Waals surface area contributed by atoms with Gasteiger partial charge in [-0.1, -0.05) is 38.1 Å². The van der Waals surface area contributed by atoms with Crippen LogP contribution in [0.4, 0.5) is 0 Å². The zero-order valence-corrected chi connectivity index (χ0v) is 12.7.